The van der Waals surface area contributed by atoms with Gasteiger partial charge in [0.05, 0.1) is 12.2 Å². The van der Waals surface area contributed by atoms with Gasteiger partial charge in [0.1, 0.15) is 6.26 Å². The van der Waals surface area contributed by atoms with Gasteiger partial charge in [-0.3, -0.25) is 0 Å². The van der Waals surface area contributed by atoms with Crippen LogP contribution in [0.2, 0.25) is 5.02 Å². The minimum Gasteiger partial charge on any atom is -0.444 e. The standard InChI is InChI=1S/C13H11ClN4O2S/c14-9-3-1-8(2-4-9)12-16-10(6-19-12)7-21-13-18-17-11(5-15)20-13/h1-4,6H,5,7,15H2. The predicted octanol–water partition coefficient (Wildman–Crippen LogP) is 3.13. The molecule has 0 radical (unpaired) electrons. The van der Waals surface area contributed by atoms with Crippen LogP contribution in [0.15, 0.2) is 44.6 Å². The third-order valence-electron chi connectivity index (χ3n) is 2.61. The quantitative estimate of drug-likeness (QED) is 0.721. The van der Waals surface area contributed by atoms with E-state index in [1.54, 1.807) is 18.4 Å². The van der Waals surface area contributed by atoms with Crippen LogP contribution in [0.1, 0.15) is 11.6 Å². The Morgan fingerprint density at radius 3 is 2.71 bits per heavy atom. The zero-order chi connectivity index (χ0) is 14.7. The minimum absolute atomic E-state index is 0.234. The molecule has 8 heteroatoms. The highest BCUT2D eigenvalue weighted by Gasteiger charge is 2.10. The van der Waals surface area contributed by atoms with Gasteiger partial charge in [0.2, 0.25) is 11.8 Å². The van der Waals surface area contributed by atoms with Gasteiger partial charge in [0.15, 0.2) is 0 Å². The molecule has 0 atom stereocenters. The fourth-order valence-corrected chi connectivity index (χ4v) is 2.40. The van der Waals surface area contributed by atoms with Gasteiger partial charge in [-0.25, -0.2) is 4.98 Å². The van der Waals surface area contributed by atoms with Gasteiger partial charge < -0.3 is 14.6 Å². The molecule has 2 heterocycles. The summed E-state index contributed by atoms with van der Waals surface area (Å²) in [6.45, 7) is 0.234. The van der Waals surface area contributed by atoms with Crippen LogP contribution in [-0.4, -0.2) is 15.2 Å². The molecule has 0 saturated carbocycles. The maximum Gasteiger partial charge on any atom is 0.277 e. The largest absolute Gasteiger partial charge is 0.444 e. The van der Waals surface area contributed by atoms with Crippen LogP contribution in [0.4, 0.5) is 0 Å². The number of nitrogens with two attached hydrogens (primary N) is 1. The Balaban J connectivity index is 1.66. The summed E-state index contributed by atoms with van der Waals surface area (Å²) in [5.41, 5.74) is 7.07. The second kappa shape index (κ2) is 6.30. The molecule has 108 valence electrons. The van der Waals surface area contributed by atoms with Gasteiger partial charge in [-0.15, -0.1) is 10.2 Å². The highest BCUT2D eigenvalue weighted by Crippen LogP contribution is 2.25. The van der Waals surface area contributed by atoms with Crippen molar-refractivity contribution in [1.29, 1.82) is 0 Å². The van der Waals surface area contributed by atoms with Crippen molar-refractivity contribution < 1.29 is 8.83 Å². The van der Waals surface area contributed by atoms with E-state index < -0.39 is 0 Å². The smallest absolute Gasteiger partial charge is 0.277 e. The topological polar surface area (TPSA) is 91.0 Å². The first-order valence-electron chi connectivity index (χ1n) is 6.10. The van der Waals surface area contributed by atoms with Crippen molar-refractivity contribution in [1.82, 2.24) is 15.2 Å². The zero-order valence-corrected chi connectivity index (χ0v) is 12.4. The second-order valence-corrected chi connectivity index (χ2v) is 5.47. The lowest BCUT2D eigenvalue weighted by Gasteiger charge is -1.94. The number of rotatable bonds is 5. The Morgan fingerprint density at radius 1 is 1.19 bits per heavy atom. The van der Waals surface area contributed by atoms with E-state index in [0.29, 0.717) is 27.8 Å². The van der Waals surface area contributed by atoms with Crippen molar-refractivity contribution in [3.63, 3.8) is 0 Å². The molecule has 0 aliphatic heterocycles. The number of aromatic nitrogens is 3. The average Bonchev–Trinajstić information content (AvgIpc) is 3.15. The minimum atomic E-state index is 0.234. The van der Waals surface area contributed by atoms with Crippen molar-refractivity contribution >= 4 is 23.4 Å². The van der Waals surface area contributed by atoms with E-state index in [1.165, 1.54) is 11.8 Å². The Morgan fingerprint density at radius 2 is 2.00 bits per heavy atom. The SMILES string of the molecule is NCc1nnc(SCc2coc(-c3ccc(Cl)cc3)n2)o1. The molecule has 0 spiro atoms. The number of oxazole rings is 1. The van der Waals surface area contributed by atoms with E-state index >= 15 is 0 Å². The van der Waals surface area contributed by atoms with Crippen LogP contribution in [0.5, 0.6) is 0 Å². The third-order valence-corrected chi connectivity index (χ3v) is 3.71. The van der Waals surface area contributed by atoms with E-state index in [-0.39, 0.29) is 6.54 Å². The van der Waals surface area contributed by atoms with Crippen LogP contribution in [0, 0.1) is 0 Å². The summed E-state index contributed by atoms with van der Waals surface area (Å²) < 4.78 is 10.8. The summed E-state index contributed by atoms with van der Waals surface area (Å²) in [5.74, 6) is 1.54. The summed E-state index contributed by atoms with van der Waals surface area (Å²) >= 11 is 7.23. The van der Waals surface area contributed by atoms with Crippen LogP contribution in [-0.2, 0) is 12.3 Å². The first-order chi connectivity index (χ1) is 10.2. The Hall–Kier alpha value is -1.83. The molecule has 3 aromatic rings. The zero-order valence-electron chi connectivity index (χ0n) is 10.8. The van der Waals surface area contributed by atoms with Gasteiger partial charge in [0.25, 0.3) is 5.22 Å². The molecule has 2 aromatic heterocycles. The van der Waals surface area contributed by atoms with E-state index in [9.17, 15) is 0 Å². The molecule has 0 aliphatic rings. The normalized spacial score (nSPS) is 11.0. The van der Waals surface area contributed by atoms with Crippen molar-refractivity contribution in [2.24, 2.45) is 5.73 Å². The number of hydrogen-bond donors (Lipinski definition) is 1. The fraction of sp³-hybridized carbons (Fsp3) is 0.154. The lowest BCUT2D eigenvalue weighted by atomic mass is 10.2. The number of benzene rings is 1. The molecule has 6 nitrogen and oxygen atoms in total. The van der Waals surface area contributed by atoms with E-state index in [0.717, 1.165) is 11.3 Å². The summed E-state index contributed by atoms with van der Waals surface area (Å²) in [6.07, 6.45) is 1.61. The molecule has 0 saturated heterocycles. The fourth-order valence-electron chi connectivity index (χ4n) is 1.61. The van der Waals surface area contributed by atoms with Gasteiger partial charge >= 0.3 is 0 Å². The Kier molecular flexibility index (Phi) is 4.23. The van der Waals surface area contributed by atoms with Crippen LogP contribution >= 0.6 is 23.4 Å². The van der Waals surface area contributed by atoms with Crippen LogP contribution in [0.3, 0.4) is 0 Å². The van der Waals surface area contributed by atoms with Crippen LogP contribution in [0.25, 0.3) is 11.5 Å². The van der Waals surface area contributed by atoms with Gasteiger partial charge in [0, 0.05) is 16.3 Å². The maximum absolute atomic E-state index is 5.85. The van der Waals surface area contributed by atoms with Crippen molar-refractivity contribution in [2.45, 2.75) is 17.5 Å². The summed E-state index contributed by atoms with van der Waals surface area (Å²) in [6, 6.07) is 7.30. The van der Waals surface area contributed by atoms with Crippen molar-refractivity contribution in [2.75, 3.05) is 0 Å². The van der Waals surface area contributed by atoms with Crippen LogP contribution < -0.4 is 5.73 Å². The summed E-state index contributed by atoms with van der Waals surface area (Å²) in [4.78, 5) is 4.41. The number of nitrogens with zero attached hydrogens (tertiary/aromatic N) is 3. The summed E-state index contributed by atoms with van der Waals surface area (Å²) in [5, 5.41) is 8.80. The Bertz CT molecular complexity index is 726. The number of thioether (sulfide) groups is 1. The maximum atomic E-state index is 5.85. The molecule has 0 fully saturated rings. The molecule has 3 rings (SSSR count). The average molecular weight is 323 g/mol. The molecular formula is C13H11ClN4O2S. The number of halogens is 1. The lowest BCUT2D eigenvalue weighted by Crippen LogP contribution is -1.95. The Labute approximate surface area is 129 Å². The first kappa shape index (κ1) is 14.1. The van der Waals surface area contributed by atoms with E-state index in [4.69, 9.17) is 26.2 Å². The number of hydrogen-bond acceptors (Lipinski definition) is 7. The molecule has 0 bridgehead atoms. The summed E-state index contributed by atoms with van der Waals surface area (Å²) in [7, 11) is 0. The monoisotopic (exact) mass is 322 g/mol. The molecule has 0 unspecified atom stereocenters. The lowest BCUT2D eigenvalue weighted by molar-refractivity contribution is 0.414. The van der Waals surface area contributed by atoms with Gasteiger partial charge in [-0.05, 0) is 24.3 Å². The van der Waals surface area contributed by atoms with Crippen molar-refractivity contribution in [3.05, 3.63) is 47.1 Å². The van der Waals surface area contributed by atoms with Gasteiger partial charge in [-0.1, -0.05) is 23.4 Å². The van der Waals surface area contributed by atoms with Gasteiger partial charge in [-0.2, -0.15) is 0 Å². The second-order valence-electron chi connectivity index (χ2n) is 4.11. The third kappa shape index (κ3) is 3.44. The molecule has 0 aliphatic carbocycles. The highest BCUT2D eigenvalue weighted by molar-refractivity contribution is 7.98. The highest BCUT2D eigenvalue weighted by atomic mass is 35.5. The predicted molar refractivity (Wildman–Crippen MR) is 78.7 cm³/mol. The first-order valence-corrected chi connectivity index (χ1v) is 7.46. The molecular weight excluding hydrogens is 312 g/mol. The van der Waals surface area contributed by atoms with E-state index in [1.807, 2.05) is 12.1 Å². The van der Waals surface area contributed by atoms with E-state index in [2.05, 4.69) is 15.2 Å². The molecule has 0 amide bonds. The molecule has 21 heavy (non-hydrogen) atoms. The molecule has 2 N–H and O–H groups in total. The van der Waals surface area contributed by atoms with Crippen molar-refractivity contribution in [3.8, 4) is 11.5 Å². The molecule has 1 aromatic carbocycles.